The third-order valence-electron chi connectivity index (χ3n) is 9.74. The largest absolute Gasteiger partial charge is 0.497 e. The van der Waals surface area contributed by atoms with Crippen LogP contribution in [0, 0.1) is 19.8 Å². The molecular formula is C40H55N7O6. The Morgan fingerprint density at radius 3 is 2.26 bits per heavy atom. The molecule has 286 valence electrons. The molecule has 0 spiro atoms. The second-order valence-electron chi connectivity index (χ2n) is 14.2. The zero-order valence-electron chi connectivity index (χ0n) is 32.1. The average molecular weight is 730 g/mol. The SMILES string of the molecule is COc1ccc(C[C@@H]2NC(=O)[C@@H](CC(C)C)NC(=O)CCCN(C(=O)Cc3c(C)nn(-c4ccccc4)c3C)CCCNC(=O)[C@H](C)N(C)C2=O)cc1. The lowest BCUT2D eigenvalue weighted by Gasteiger charge is -2.30. The highest BCUT2D eigenvalue weighted by Gasteiger charge is 2.32. The number of rotatable bonds is 8. The summed E-state index contributed by atoms with van der Waals surface area (Å²) < 4.78 is 7.10. The van der Waals surface area contributed by atoms with E-state index in [4.69, 9.17) is 9.84 Å². The van der Waals surface area contributed by atoms with Crippen molar-refractivity contribution in [2.75, 3.05) is 33.8 Å². The average Bonchev–Trinajstić information content (AvgIpc) is 3.42. The van der Waals surface area contributed by atoms with Crippen molar-refractivity contribution in [1.82, 2.24) is 35.5 Å². The number of para-hydroxylation sites is 1. The number of hydrogen-bond donors (Lipinski definition) is 3. The Bertz CT molecular complexity index is 1720. The monoisotopic (exact) mass is 729 g/mol. The van der Waals surface area contributed by atoms with Gasteiger partial charge in [0.2, 0.25) is 29.5 Å². The van der Waals surface area contributed by atoms with E-state index in [-0.39, 0.29) is 49.4 Å². The number of nitrogens with zero attached hydrogens (tertiary/aromatic N) is 4. The van der Waals surface area contributed by atoms with Crippen LogP contribution in [0.3, 0.4) is 0 Å². The van der Waals surface area contributed by atoms with Crippen molar-refractivity contribution in [3.63, 3.8) is 0 Å². The molecule has 2 heterocycles. The summed E-state index contributed by atoms with van der Waals surface area (Å²) in [6.07, 6.45) is 1.62. The Hall–Kier alpha value is -5.20. The van der Waals surface area contributed by atoms with Crippen LogP contribution in [0.15, 0.2) is 54.6 Å². The predicted octanol–water partition coefficient (Wildman–Crippen LogP) is 3.27. The molecule has 3 atom stereocenters. The third kappa shape index (κ3) is 11.1. The summed E-state index contributed by atoms with van der Waals surface area (Å²) in [5.41, 5.74) is 4.18. The second-order valence-corrected chi connectivity index (χ2v) is 14.2. The molecule has 0 aliphatic carbocycles. The highest BCUT2D eigenvalue weighted by atomic mass is 16.5. The standard InChI is InChI=1S/C40H55N7O6/c1-26(2)23-34-39(51)43-35(24-30-16-18-32(53-7)19-17-30)40(52)45(6)29(5)38(50)41-20-12-22-46(21-11-15-36(48)42-34)37(49)25-33-27(3)44-47(28(33)4)31-13-9-8-10-14-31/h8-10,13-14,16-19,26,29,34-35H,11-12,15,20-25H2,1-7H3,(H,41,50)(H,42,48)(H,43,51)/t29-,34+,35-/m0/s1. The molecule has 0 unspecified atom stereocenters. The number of methoxy groups -OCH3 is 1. The number of benzene rings is 2. The van der Waals surface area contributed by atoms with Gasteiger partial charge in [-0.3, -0.25) is 24.0 Å². The van der Waals surface area contributed by atoms with Gasteiger partial charge < -0.3 is 30.5 Å². The van der Waals surface area contributed by atoms with Crippen LogP contribution in [0.4, 0.5) is 0 Å². The van der Waals surface area contributed by atoms with Crippen LogP contribution < -0.4 is 20.7 Å². The number of hydrogen-bond acceptors (Lipinski definition) is 7. The van der Waals surface area contributed by atoms with Crippen LogP contribution in [0.2, 0.25) is 0 Å². The van der Waals surface area contributed by atoms with Gasteiger partial charge >= 0.3 is 0 Å². The van der Waals surface area contributed by atoms with Crippen molar-refractivity contribution in [2.24, 2.45) is 5.92 Å². The number of nitrogens with one attached hydrogen (secondary N) is 3. The maximum Gasteiger partial charge on any atom is 0.245 e. The fraction of sp³-hybridized carbons (Fsp3) is 0.500. The van der Waals surface area contributed by atoms with Gasteiger partial charge in [-0.15, -0.1) is 0 Å². The van der Waals surface area contributed by atoms with E-state index < -0.39 is 29.9 Å². The number of ether oxygens (including phenoxy) is 1. The number of carbonyl (C=O) groups is 5. The summed E-state index contributed by atoms with van der Waals surface area (Å²) in [6, 6.07) is 14.2. The summed E-state index contributed by atoms with van der Waals surface area (Å²) >= 11 is 0. The summed E-state index contributed by atoms with van der Waals surface area (Å²) in [5.74, 6) is -0.968. The van der Waals surface area contributed by atoms with E-state index in [1.807, 2.05) is 74.8 Å². The molecule has 1 aliphatic heterocycles. The maximum atomic E-state index is 13.9. The van der Waals surface area contributed by atoms with Gasteiger partial charge in [0.15, 0.2) is 0 Å². The Labute approximate surface area is 312 Å². The smallest absolute Gasteiger partial charge is 0.245 e. The quantitative estimate of drug-likeness (QED) is 0.322. The number of aryl methyl sites for hydroxylation is 1. The van der Waals surface area contributed by atoms with Crippen LogP contribution in [0.1, 0.15) is 69.0 Å². The molecule has 1 fully saturated rings. The Morgan fingerprint density at radius 1 is 0.925 bits per heavy atom. The lowest BCUT2D eigenvalue weighted by molar-refractivity contribution is -0.141. The van der Waals surface area contributed by atoms with Crippen molar-refractivity contribution in [1.29, 1.82) is 0 Å². The summed E-state index contributed by atoms with van der Waals surface area (Å²) in [7, 11) is 3.10. The molecular weight excluding hydrogens is 674 g/mol. The Morgan fingerprint density at radius 2 is 1.60 bits per heavy atom. The fourth-order valence-corrected chi connectivity index (χ4v) is 6.49. The zero-order chi connectivity index (χ0) is 38.7. The molecule has 1 aromatic heterocycles. The van der Waals surface area contributed by atoms with Crippen molar-refractivity contribution < 1.29 is 28.7 Å². The normalized spacial score (nSPS) is 20.0. The lowest BCUT2D eigenvalue weighted by Crippen LogP contribution is -2.57. The molecule has 2 aromatic carbocycles. The fourth-order valence-electron chi connectivity index (χ4n) is 6.49. The summed E-state index contributed by atoms with van der Waals surface area (Å²) in [5, 5.41) is 13.4. The molecule has 53 heavy (non-hydrogen) atoms. The molecule has 0 bridgehead atoms. The minimum absolute atomic E-state index is 0.0670. The highest BCUT2D eigenvalue weighted by Crippen LogP contribution is 2.20. The van der Waals surface area contributed by atoms with Crippen LogP contribution in [0.5, 0.6) is 5.75 Å². The molecule has 3 aromatic rings. The number of aromatic nitrogens is 2. The van der Waals surface area contributed by atoms with E-state index in [1.165, 1.54) is 11.9 Å². The van der Waals surface area contributed by atoms with E-state index >= 15 is 0 Å². The number of likely N-dealkylation sites (N-methyl/N-ethyl adjacent to an activating group) is 1. The molecule has 1 saturated heterocycles. The molecule has 0 radical (unpaired) electrons. The Balaban J connectivity index is 1.54. The van der Waals surface area contributed by atoms with E-state index in [0.29, 0.717) is 38.1 Å². The molecule has 13 heteroatoms. The van der Waals surface area contributed by atoms with Gasteiger partial charge in [-0.05, 0) is 75.8 Å². The number of carbonyl (C=O) groups excluding carboxylic acids is 5. The number of amides is 5. The van der Waals surface area contributed by atoms with Crippen LogP contribution in [0.25, 0.3) is 5.69 Å². The molecule has 13 nitrogen and oxygen atoms in total. The molecule has 4 rings (SSSR count). The van der Waals surface area contributed by atoms with Gasteiger partial charge in [0.25, 0.3) is 0 Å². The molecule has 1 aliphatic rings. The van der Waals surface area contributed by atoms with Gasteiger partial charge in [0.05, 0.1) is 24.9 Å². The van der Waals surface area contributed by atoms with Crippen LogP contribution in [-0.4, -0.2) is 101 Å². The highest BCUT2D eigenvalue weighted by molar-refractivity contribution is 5.94. The molecule has 5 amide bonds. The second kappa shape index (κ2) is 19.0. The summed E-state index contributed by atoms with van der Waals surface area (Å²) in [6.45, 7) is 10.3. The summed E-state index contributed by atoms with van der Waals surface area (Å²) in [4.78, 5) is 71.2. The van der Waals surface area contributed by atoms with Gasteiger partial charge in [-0.2, -0.15) is 5.10 Å². The van der Waals surface area contributed by atoms with Crippen molar-refractivity contribution in [3.05, 3.63) is 77.1 Å². The van der Waals surface area contributed by atoms with Gasteiger partial charge in [-0.1, -0.05) is 44.2 Å². The first-order valence-electron chi connectivity index (χ1n) is 18.4. The molecule has 3 N–H and O–H groups in total. The van der Waals surface area contributed by atoms with E-state index in [0.717, 1.165) is 28.2 Å². The molecule has 0 saturated carbocycles. The third-order valence-corrected chi connectivity index (χ3v) is 9.74. The van der Waals surface area contributed by atoms with E-state index in [2.05, 4.69) is 16.0 Å². The van der Waals surface area contributed by atoms with E-state index in [9.17, 15) is 24.0 Å². The van der Waals surface area contributed by atoms with Gasteiger partial charge in [-0.25, -0.2) is 4.68 Å². The first kappa shape index (κ1) is 40.6. The van der Waals surface area contributed by atoms with Crippen molar-refractivity contribution in [2.45, 2.75) is 91.3 Å². The first-order valence-corrected chi connectivity index (χ1v) is 18.4. The lowest BCUT2D eigenvalue weighted by atomic mass is 10.00. The van der Waals surface area contributed by atoms with Gasteiger partial charge in [0.1, 0.15) is 23.9 Å². The topological polar surface area (TPSA) is 155 Å². The minimum Gasteiger partial charge on any atom is -0.497 e. The van der Waals surface area contributed by atoms with E-state index in [1.54, 1.807) is 31.1 Å². The maximum absolute atomic E-state index is 13.9. The van der Waals surface area contributed by atoms with Crippen molar-refractivity contribution >= 4 is 29.5 Å². The van der Waals surface area contributed by atoms with Gasteiger partial charge in [0, 0.05) is 50.8 Å². The Kier molecular flexibility index (Phi) is 14.6. The first-order chi connectivity index (χ1) is 25.3. The predicted molar refractivity (Wildman–Crippen MR) is 202 cm³/mol. The minimum atomic E-state index is -0.992. The zero-order valence-corrected chi connectivity index (χ0v) is 32.1. The van der Waals surface area contributed by atoms with Crippen LogP contribution >= 0.6 is 0 Å². The van der Waals surface area contributed by atoms with Crippen LogP contribution in [-0.2, 0) is 36.8 Å². The van der Waals surface area contributed by atoms with Crippen molar-refractivity contribution in [3.8, 4) is 11.4 Å².